The summed E-state index contributed by atoms with van der Waals surface area (Å²) in [5.41, 5.74) is 0. The molecule has 0 spiro atoms. The molecule has 2 aliphatic heterocycles. The van der Waals surface area contributed by atoms with E-state index in [0.717, 1.165) is 0 Å². The highest BCUT2D eigenvalue weighted by atomic mass is 16.7. The molecular formula is C9H13NO5. The Hall–Kier alpha value is -1.14. The molecule has 0 bridgehead atoms. The van der Waals surface area contributed by atoms with E-state index >= 15 is 0 Å². The lowest BCUT2D eigenvalue weighted by Crippen LogP contribution is -2.57. The van der Waals surface area contributed by atoms with E-state index in [1.165, 1.54) is 18.9 Å². The highest BCUT2D eigenvalue weighted by molar-refractivity contribution is 5.85. The fourth-order valence-electron chi connectivity index (χ4n) is 1.90. The minimum Gasteiger partial charge on any atom is -0.461 e. The minimum atomic E-state index is -0.603. The number of hydrogen-bond donors (Lipinski definition) is 0. The van der Waals surface area contributed by atoms with Crippen molar-refractivity contribution in [2.24, 2.45) is 0 Å². The van der Waals surface area contributed by atoms with Gasteiger partial charge in [0.1, 0.15) is 12.7 Å². The molecule has 3 atom stereocenters. The number of hydrogen-bond acceptors (Lipinski definition) is 5. The summed E-state index contributed by atoms with van der Waals surface area (Å²) < 4.78 is 15.3. The number of carbonyl (C=O) groups excluding carboxylic acids is 2. The maximum atomic E-state index is 11.4. The number of rotatable bonds is 1. The first-order chi connectivity index (χ1) is 7.13. The van der Waals surface area contributed by atoms with Gasteiger partial charge in [0.2, 0.25) is 5.91 Å². The van der Waals surface area contributed by atoms with Crippen molar-refractivity contribution < 1.29 is 23.8 Å². The maximum Gasteiger partial charge on any atom is 0.331 e. The van der Waals surface area contributed by atoms with E-state index < -0.39 is 24.4 Å². The van der Waals surface area contributed by atoms with Crippen LogP contribution in [0.5, 0.6) is 0 Å². The molecule has 0 radical (unpaired) electrons. The molecule has 2 heterocycles. The predicted octanol–water partition coefficient (Wildman–Crippen LogP) is -0.868. The number of esters is 1. The quantitative estimate of drug-likeness (QED) is 0.532. The molecule has 6 nitrogen and oxygen atoms in total. The highest BCUT2D eigenvalue weighted by Crippen LogP contribution is 2.25. The molecule has 2 fully saturated rings. The molecule has 15 heavy (non-hydrogen) atoms. The van der Waals surface area contributed by atoms with Crippen LogP contribution in [0.2, 0.25) is 0 Å². The molecule has 6 heteroatoms. The summed E-state index contributed by atoms with van der Waals surface area (Å²) in [5.74, 6) is -0.570. The van der Waals surface area contributed by atoms with Gasteiger partial charge in [0, 0.05) is 14.0 Å². The van der Waals surface area contributed by atoms with Crippen molar-refractivity contribution in [1.82, 2.24) is 4.90 Å². The number of methoxy groups -OCH3 is 1. The van der Waals surface area contributed by atoms with Gasteiger partial charge in [-0.25, -0.2) is 4.79 Å². The summed E-state index contributed by atoms with van der Waals surface area (Å²) in [6, 6.07) is -0.603. The zero-order valence-electron chi connectivity index (χ0n) is 8.63. The molecule has 2 saturated heterocycles. The monoisotopic (exact) mass is 215 g/mol. The summed E-state index contributed by atoms with van der Waals surface area (Å²) in [4.78, 5) is 24.2. The average molecular weight is 215 g/mol. The van der Waals surface area contributed by atoms with Crippen molar-refractivity contribution in [2.45, 2.75) is 25.4 Å². The van der Waals surface area contributed by atoms with Gasteiger partial charge in [-0.3, -0.25) is 4.79 Å². The van der Waals surface area contributed by atoms with E-state index in [4.69, 9.17) is 14.2 Å². The molecule has 0 aromatic rings. The number of morpholine rings is 1. The fourth-order valence-corrected chi connectivity index (χ4v) is 1.90. The SMILES string of the molecule is CO[C@@H]1CN(C(C)=O)[C@H]2C(=O)OC[C@H]2O1. The van der Waals surface area contributed by atoms with Crippen LogP contribution in [0.25, 0.3) is 0 Å². The normalized spacial score (nSPS) is 34.9. The Morgan fingerprint density at radius 2 is 2.33 bits per heavy atom. The third-order valence-corrected chi connectivity index (χ3v) is 2.66. The van der Waals surface area contributed by atoms with Crippen LogP contribution in [0.1, 0.15) is 6.92 Å². The van der Waals surface area contributed by atoms with Gasteiger partial charge in [-0.15, -0.1) is 0 Å². The van der Waals surface area contributed by atoms with E-state index in [1.807, 2.05) is 0 Å². The average Bonchev–Trinajstić information content (AvgIpc) is 2.59. The first-order valence-corrected chi connectivity index (χ1v) is 4.75. The Labute approximate surface area is 87.1 Å². The summed E-state index contributed by atoms with van der Waals surface area (Å²) in [7, 11) is 1.50. The number of nitrogens with zero attached hydrogens (tertiary/aromatic N) is 1. The predicted molar refractivity (Wildman–Crippen MR) is 47.8 cm³/mol. The van der Waals surface area contributed by atoms with E-state index in [-0.39, 0.29) is 19.1 Å². The third-order valence-electron chi connectivity index (χ3n) is 2.66. The van der Waals surface area contributed by atoms with Gasteiger partial charge < -0.3 is 19.1 Å². The van der Waals surface area contributed by atoms with E-state index in [0.29, 0.717) is 0 Å². The second-order valence-electron chi connectivity index (χ2n) is 3.59. The number of ether oxygens (including phenoxy) is 3. The molecule has 1 amide bonds. The standard InChI is InChI=1S/C9H13NO5/c1-5(11)10-3-7(13-2)15-6-4-14-9(12)8(6)10/h6-8H,3-4H2,1-2H3/t6-,7+,8-/m1/s1. The van der Waals surface area contributed by atoms with Crippen molar-refractivity contribution in [3.63, 3.8) is 0 Å². The molecule has 0 aliphatic carbocycles. The van der Waals surface area contributed by atoms with Crippen LogP contribution in [0.3, 0.4) is 0 Å². The fraction of sp³-hybridized carbons (Fsp3) is 0.778. The summed E-state index contributed by atoms with van der Waals surface area (Å²) >= 11 is 0. The van der Waals surface area contributed by atoms with Crippen molar-refractivity contribution in [1.29, 1.82) is 0 Å². The first-order valence-electron chi connectivity index (χ1n) is 4.75. The van der Waals surface area contributed by atoms with Crippen LogP contribution in [0.15, 0.2) is 0 Å². The van der Waals surface area contributed by atoms with Gasteiger partial charge in [0.05, 0.1) is 6.54 Å². The Kier molecular flexibility index (Phi) is 2.62. The maximum absolute atomic E-state index is 11.4. The molecule has 0 aromatic heterocycles. The Balaban J connectivity index is 2.19. The van der Waals surface area contributed by atoms with Gasteiger partial charge in [-0.05, 0) is 0 Å². The van der Waals surface area contributed by atoms with Gasteiger partial charge >= 0.3 is 5.97 Å². The van der Waals surface area contributed by atoms with Crippen LogP contribution in [0, 0.1) is 0 Å². The van der Waals surface area contributed by atoms with Gasteiger partial charge in [-0.1, -0.05) is 0 Å². The van der Waals surface area contributed by atoms with Crippen molar-refractivity contribution >= 4 is 11.9 Å². The van der Waals surface area contributed by atoms with Crippen LogP contribution in [-0.4, -0.2) is 55.5 Å². The molecule has 0 unspecified atom stereocenters. The number of amides is 1. The van der Waals surface area contributed by atoms with Crippen LogP contribution < -0.4 is 0 Å². The molecule has 0 aromatic carbocycles. The second-order valence-corrected chi connectivity index (χ2v) is 3.59. The lowest BCUT2D eigenvalue weighted by Gasteiger charge is -2.37. The van der Waals surface area contributed by atoms with E-state index in [2.05, 4.69) is 0 Å². The number of cyclic esters (lactones) is 1. The summed E-state index contributed by atoms with van der Waals surface area (Å²) in [6.07, 6.45) is -0.884. The van der Waals surface area contributed by atoms with Gasteiger partial charge in [0.25, 0.3) is 0 Å². The highest BCUT2D eigenvalue weighted by Gasteiger charge is 2.48. The largest absolute Gasteiger partial charge is 0.461 e. The Morgan fingerprint density at radius 1 is 1.60 bits per heavy atom. The van der Waals surface area contributed by atoms with Crippen molar-refractivity contribution in [3.8, 4) is 0 Å². The number of carbonyl (C=O) groups is 2. The molecular weight excluding hydrogens is 202 g/mol. The van der Waals surface area contributed by atoms with Gasteiger partial charge in [0.15, 0.2) is 12.3 Å². The Bertz CT molecular complexity index is 292. The number of fused-ring (bicyclic) bond motifs is 1. The lowest BCUT2D eigenvalue weighted by atomic mass is 10.1. The second kappa shape index (κ2) is 3.79. The smallest absolute Gasteiger partial charge is 0.331 e. The van der Waals surface area contributed by atoms with E-state index in [9.17, 15) is 9.59 Å². The topological polar surface area (TPSA) is 65.1 Å². The molecule has 2 aliphatic rings. The van der Waals surface area contributed by atoms with Crippen molar-refractivity contribution in [2.75, 3.05) is 20.3 Å². The molecule has 2 rings (SSSR count). The zero-order valence-corrected chi connectivity index (χ0v) is 8.63. The van der Waals surface area contributed by atoms with Crippen molar-refractivity contribution in [3.05, 3.63) is 0 Å². The first kappa shape index (κ1) is 10.4. The van der Waals surface area contributed by atoms with E-state index in [1.54, 1.807) is 0 Å². The summed E-state index contributed by atoms with van der Waals surface area (Å²) in [6.45, 7) is 1.87. The van der Waals surface area contributed by atoms with Crippen LogP contribution in [0.4, 0.5) is 0 Å². The molecule has 0 N–H and O–H groups in total. The lowest BCUT2D eigenvalue weighted by molar-refractivity contribution is -0.208. The van der Waals surface area contributed by atoms with Crippen LogP contribution >= 0.6 is 0 Å². The third kappa shape index (κ3) is 1.70. The van der Waals surface area contributed by atoms with Gasteiger partial charge in [-0.2, -0.15) is 0 Å². The zero-order chi connectivity index (χ0) is 11.0. The van der Waals surface area contributed by atoms with Crippen LogP contribution in [-0.2, 0) is 23.8 Å². The molecule has 0 saturated carbocycles. The molecule has 84 valence electrons. The summed E-state index contributed by atoms with van der Waals surface area (Å²) in [5, 5.41) is 0. The Morgan fingerprint density at radius 3 is 2.93 bits per heavy atom. The minimum absolute atomic E-state index is 0.172.